The minimum Gasteiger partial charge on any atom is -0.481 e. The Morgan fingerprint density at radius 1 is 1.25 bits per heavy atom. The Balaban J connectivity index is 1.46. The topological polar surface area (TPSA) is 82.1 Å². The first-order valence-corrected chi connectivity index (χ1v) is 10.2. The number of carboxylic acid groups (broad SMARTS) is 1. The third-order valence-electron chi connectivity index (χ3n) is 6.63. The van der Waals surface area contributed by atoms with Crippen molar-refractivity contribution in [2.24, 2.45) is 11.3 Å². The molecule has 0 aromatic heterocycles. The molecule has 3 aliphatic rings. The first-order valence-electron chi connectivity index (χ1n) is 10.2. The largest absolute Gasteiger partial charge is 0.481 e. The van der Waals surface area contributed by atoms with E-state index in [4.69, 9.17) is 4.74 Å². The highest BCUT2D eigenvalue weighted by atomic mass is 16.5. The SMILES string of the molecule is O=C(NC(CN1CCOCC1)c1ccccc1)N1C[C@@H]2CCC[C@@]2(C(=O)O)C1. The number of hydrogen-bond donors (Lipinski definition) is 2. The lowest BCUT2D eigenvalue weighted by molar-refractivity contribution is -0.149. The zero-order valence-corrected chi connectivity index (χ0v) is 16.2. The molecule has 152 valence electrons. The molecule has 7 nitrogen and oxygen atoms in total. The van der Waals surface area contributed by atoms with Gasteiger partial charge in [-0.05, 0) is 24.3 Å². The third kappa shape index (κ3) is 3.73. The van der Waals surface area contributed by atoms with Crippen molar-refractivity contribution in [2.45, 2.75) is 25.3 Å². The third-order valence-corrected chi connectivity index (χ3v) is 6.63. The summed E-state index contributed by atoms with van der Waals surface area (Å²) in [4.78, 5) is 29.0. The molecule has 2 saturated heterocycles. The summed E-state index contributed by atoms with van der Waals surface area (Å²) in [5, 5.41) is 13.0. The Bertz CT molecular complexity index is 707. The number of carbonyl (C=O) groups excluding carboxylic acids is 1. The van der Waals surface area contributed by atoms with Crippen LogP contribution in [-0.4, -0.2) is 72.8 Å². The maximum Gasteiger partial charge on any atom is 0.317 e. The number of morpholine rings is 1. The van der Waals surface area contributed by atoms with Gasteiger partial charge in [-0.1, -0.05) is 36.8 Å². The van der Waals surface area contributed by atoms with Crippen LogP contribution in [0, 0.1) is 11.3 Å². The Morgan fingerprint density at radius 3 is 2.68 bits per heavy atom. The second-order valence-electron chi connectivity index (χ2n) is 8.26. The second-order valence-corrected chi connectivity index (χ2v) is 8.26. The van der Waals surface area contributed by atoms with E-state index in [2.05, 4.69) is 10.2 Å². The summed E-state index contributed by atoms with van der Waals surface area (Å²) >= 11 is 0. The van der Waals surface area contributed by atoms with Gasteiger partial charge in [0.1, 0.15) is 0 Å². The summed E-state index contributed by atoms with van der Waals surface area (Å²) in [5.74, 6) is -0.677. The van der Waals surface area contributed by atoms with Gasteiger partial charge in [0.25, 0.3) is 0 Å². The molecule has 0 bridgehead atoms. The molecule has 2 N–H and O–H groups in total. The number of aliphatic carboxylic acids is 1. The predicted molar refractivity (Wildman–Crippen MR) is 104 cm³/mol. The van der Waals surface area contributed by atoms with Crippen LogP contribution < -0.4 is 5.32 Å². The van der Waals surface area contributed by atoms with Crippen molar-refractivity contribution >= 4 is 12.0 Å². The standard InChI is InChI=1S/C21H29N3O4/c25-19(26)21-8-4-7-17(21)13-24(15-21)20(27)22-18(16-5-2-1-3-6-16)14-23-9-11-28-12-10-23/h1-3,5-6,17-18H,4,7-15H2,(H,22,27)(H,25,26)/t17-,18?,21+/m0/s1. The number of carboxylic acids is 1. The van der Waals surface area contributed by atoms with Crippen LogP contribution >= 0.6 is 0 Å². The molecule has 3 fully saturated rings. The number of nitrogens with one attached hydrogen (secondary N) is 1. The minimum atomic E-state index is -0.752. The number of urea groups is 1. The quantitative estimate of drug-likeness (QED) is 0.807. The smallest absolute Gasteiger partial charge is 0.317 e. The van der Waals surface area contributed by atoms with E-state index in [1.54, 1.807) is 4.90 Å². The van der Waals surface area contributed by atoms with Gasteiger partial charge in [0.2, 0.25) is 0 Å². The molecule has 0 spiro atoms. The summed E-state index contributed by atoms with van der Waals surface area (Å²) in [6, 6.07) is 9.70. The summed E-state index contributed by atoms with van der Waals surface area (Å²) in [6.07, 6.45) is 2.51. The van der Waals surface area contributed by atoms with Crippen LogP contribution in [0.25, 0.3) is 0 Å². The number of fused-ring (bicyclic) bond motifs is 1. The Hall–Kier alpha value is -2.12. The van der Waals surface area contributed by atoms with Crippen molar-refractivity contribution in [1.29, 1.82) is 0 Å². The van der Waals surface area contributed by atoms with Crippen LogP contribution in [0.4, 0.5) is 4.79 Å². The molecule has 0 radical (unpaired) electrons. The Kier molecular flexibility index (Phi) is 5.55. The second kappa shape index (κ2) is 8.09. The highest BCUT2D eigenvalue weighted by Gasteiger charge is 2.55. The maximum atomic E-state index is 13.0. The fourth-order valence-corrected chi connectivity index (χ4v) is 5.00. The van der Waals surface area contributed by atoms with Crippen molar-refractivity contribution in [3.8, 4) is 0 Å². The van der Waals surface area contributed by atoms with Crippen molar-refractivity contribution in [2.75, 3.05) is 45.9 Å². The molecule has 1 aliphatic carbocycles. The molecule has 2 aliphatic heterocycles. The number of rotatable bonds is 5. The Morgan fingerprint density at radius 2 is 2.00 bits per heavy atom. The average Bonchev–Trinajstić information content (AvgIpc) is 3.28. The van der Waals surface area contributed by atoms with E-state index in [9.17, 15) is 14.7 Å². The number of nitrogens with zero attached hydrogens (tertiary/aromatic N) is 2. The van der Waals surface area contributed by atoms with E-state index in [0.717, 1.165) is 38.0 Å². The van der Waals surface area contributed by atoms with Gasteiger partial charge >= 0.3 is 12.0 Å². The fraction of sp³-hybridized carbons (Fsp3) is 0.619. The van der Waals surface area contributed by atoms with Crippen molar-refractivity contribution in [3.63, 3.8) is 0 Å². The van der Waals surface area contributed by atoms with Gasteiger partial charge in [0, 0.05) is 32.7 Å². The molecule has 4 rings (SSSR count). The molecule has 3 atom stereocenters. The van der Waals surface area contributed by atoms with E-state index >= 15 is 0 Å². The molecule has 28 heavy (non-hydrogen) atoms. The number of hydrogen-bond acceptors (Lipinski definition) is 4. The lowest BCUT2D eigenvalue weighted by Gasteiger charge is -2.32. The summed E-state index contributed by atoms with van der Waals surface area (Å²) in [7, 11) is 0. The highest BCUT2D eigenvalue weighted by molar-refractivity contribution is 5.80. The molecular weight excluding hydrogens is 358 g/mol. The Labute approximate surface area is 165 Å². The van der Waals surface area contributed by atoms with E-state index in [1.807, 2.05) is 30.3 Å². The number of amides is 2. The average molecular weight is 387 g/mol. The molecule has 7 heteroatoms. The fourth-order valence-electron chi connectivity index (χ4n) is 5.00. The van der Waals surface area contributed by atoms with Crippen molar-refractivity contribution in [1.82, 2.24) is 15.1 Å². The summed E-state index contributed by atoms with van der Waals surface area (Å²) < 4.78 is 5.43. The molecule has 2 amide bonds. The molecule has 1 aromatic rings. The summed E-state index contributed by atoms with van der Waals surface area (Å²) in [6.45, 7) is 4.71. The number of carbonyl (C=O) groups is 2. The van der Waals surface area contributed by atoms with Gasteiger partial charge in [-0.15, -0.1) is 0 Å². The van der Waals surface area contributed by atoms with Gasteiger partial charge in [-0.2, -0.15) is 0 Å². The van der Waals surface area contributed by atoms with E-state index in [-0.39, 0.29) is 18.0 Å². The molecule has 1 aromatic carbocycles. The molecule has 1 saturated carbocycles. The van der Waals surface area contributed by atoms with Gasteiger partial charge in [-0.25, -0.2) is 4.79 Å². The van der Waals surface area contributed by atoms with Gasteiger partial charge in [0.15, 0.2) is 0 Å². The van der Waals surface area contributed by atoms with Gasteiger partial charge in [0.05, 0.1) is 24.7 Å². The van der Waals surface area contributed by atoms with E-state index in [1.165, 1.54) is 0 Å². The van der Waals surface area contributed by atoms with Crippen LogP contribution in [0.2, 0.25) is 0 Å². The van der Waals surface area contributed by atoms with Crippen LogP contribution in [0.1, 0.15) is 30.9 Å². The molecular formula is C21H29N3O4. The van der Waals surface area contributed by atoms with Crippen LogP contribution in [0.5, 0.6) is 0 Å². The predicted octanol–water partition coefficient (Wildman–Crippen LogP) is 1.96. The number of likely N-dealkylation sites (tertiary alicyclic amines) is 1. The van der Waals surface area contributed by atoms with E-state index in [0.29, 0.717) is 32.7 Å². The van der Waals surface area contributed by atoms with Gasteiger partial charge < -0.3 is 20.1 Å². The van der Waals surface area contributed by atoms with Crippen molar-refractivity contribution < 1.29 is 19.4 Å². The highest BCUT2D eigenvalue weighted by Crippen LogP contribution is 2.48. The van der Waals surface area contributed by atoms with E-state index < -0.39 is 11.4 Å². The minimum absolute atomic E-state index is 0.0742. The number of benzene rings is 1. The summed E-state index contributed by atoms with van der Waals surface area (Å²) in [5.41, 5.74) is 0.318. The molecule has 2 heterocycles. The number of ether oxygens (including phenoxy) is 1. The van der Waals surface area contributed by atoms with Crippen LogP contribution in [0.3, 0.4) is 0 Å². The first-order chi connectivity index (χ1) is 13.6. The maximum absolute atomic E-state index is 13.0. The van der Waals surface area contributed by atoms with Crippen LogP contribution in [-0.2, 0) is 9.53 Å². The monoisotopic (exact) mass is 387 g/mol. The van der Waals surface area contributed by atoms with Crippen molar-refractivity contribution in [3.05, 3.63) is 35.9 Å². The first kappa shape index (κ1) is 19.2. The zero-order chi connectivity index (χ0) is 19.6. The van der Waals surface area contributed by atoms with Gasteiger partial charge in [-0.3, -0.25) is 9.69 Å². The lowest BCUT2D eigenvalue weighted by Crippen LogP contribution is -2.47. The molecule has 1 unspecified atom stereocenters. The zero-order valence-electron chi connectivity index (χ0n) is 16.2. The lowest BCUT2D eigenvalue weighted by atomic mass is 9.81. The van der Waals surface area contributed by atoms with Crippen LogP contribution in [0.15, 0.2) is 30.3 Å². The normalized spacial score (nSPS) is 28.7.